The van der Waals surface area contributed by atoms with Crippen molar-refractivity contribution in [2.75, 3.05) is 0 Å². The second kappa shape index (κ2) is 4.14. The molecule has 0 heterocycles. The molecule has 2 atom stereocenters. The lowest BCUT2D eigenvalue weighted by atomic mass is 9.97. The van der Waals surface area contributed by atoms with Crippen molar-refractivity contribution in [3.63, 3.8) is 0 Å². The van der Waals surface area contributed by atoms with Crippen LogP contribution in [0, 0.1) is 9.39 Å². The summed E-state index contributed by atoms with van der Waals surface area (Å²) in [5, 5.41) is 0. The summed E-state index contributed by atoms with van der Waals surface area (Å²) in [6.07, 6.45) is 3.28. The molecular weight excluding hydrogens is 292 g/mol. The summed E-state index contributed by atoms with van der Waals surface area (Å²) < 4.78 is 13.9. The molecule has 76 valence electrons. The zero-order chi connectivity index (χ0) is 10.1. The SMILES string of the molecule is NC1CCC(c2ccc(F)cc2I)C1. The lowest BCUT2D eigenvalue weighted by Gasteiger charge is -2.12. The maximum atomic E-state index is 12.9. The molecule has 2 unspecified atom stereocenters. The van der Waals surface area contributed by atoms with E-state index >= 15 is 0 Å². The lowest BCUT2D eigenvalue weighted by molar-refractivity contribution is 0.621. The van der Waals surface area contributed by atoms with Crippen molar-refractivity contribution in [2.45, 2.75) is 31.2 Å². The first-order valence-corrected chi connectivity index (χ1v) is 5.95. The fraction of sp³-hybridized carbons (Fsp3) is 0.455. The molecule has 1 nitrogen and oxygen atoms in total. The smallest absolute Gasteiger partial charge is 0.124 e. The molecule has 0 radical (unpaired) electrons. The summed E-state index contributed by atoms with van der Waals surface area (Å²) >= 11 is 2.20. The molecule has 1 aliphatic rings. The van der Waals surface area contributed by atoms with Gasteiger partial charge >= 0.3 is 0 Å². The van der Waals surface area contributed by atoms with Crippen LogP contribution >= 0.6 is 22.6 Å². The van der Waals surface area contributed by atoms with Gasteiger partial charge in [0.15, 0.2) is 0 Å². The molecule has 1 saturated carbocycles. The van der Waals surface area contributed by atoms with Gasteiger partial charge in [-0.1, -0.05) is 6.07 Å². The normalized spacial score (nSPS) is 26.8. The van der Waals surface area contributed by atoms with Crippen LogP contribution in [-0.4, -0.2) is 6.04 Å². The minimum atomic E-state index is -0.152. The minimum Gasteiger partial charge on any atom is -0.328 e. The predicted octanol–water partition coefficient (Wildman–Crippen LogP) is 3.03. The van der Waals surface area contributed by atoms with Gasteiger partial charge in [0.05, 0.1) is 0 Å². The standard InChI is InChI=1S/C11H13FIN/c12-8-2-4-10(11(13)6-8)7-1-3-9(14)5-7/h2,4,6-7,9H,1,3,5,14H2. The molecule has 0 spiro atoms. The minimum absolute atomic E-state index is 0.152. The average Bonchev–Trinajstić information content (AvgIpc) is 2.51. The van der Waals surface area contributed by atoms with E-state index in [1.165, 1.54) is 5.56 Å². The molecular formula is C11H13FIN. The van der Waals surface area contributed by atoms with Crippen LogP contribution in [0.2, 0.25) is 0 Å². The van der Waals surface area contributed by atoms with Crippen LogP contribution in [0.4, 0.5) is 4.39 Å². The first-order chi connectivity index (χ1) is 6.66. The average molecular weight is 305 g/mol. The van der Waals surface area contributed by atoms with Crippen LogP contribution in [0.3, 0.4) is 0 Å². The Kier molecular flexibility index (Phi) is 3.07. The Balaban J connectivity index is 2.24. The third-order valence-corrected chi connectivity index (χ3v) is 3.81. The largest absolute Gasteiger partial charge is 0.328 e. The highest BCUT2D eigenvalue weighted by molar-refractivity contribution is 14.1. The Morgan fingerprint density at radius 2 is 2.14 bits per heavy atom. The molecule has 0 aromatic heterocycles. The number of benzene rings is 1. The van der Waals surface area contributed by atoms with E-state index in [0.29, 0.717) is 12.0 Å². The summed E-state index contributed by atoms with van der Waals surface area (Å²) in [6.45, 7) is 0. The van der Waals surface area contributed by atoms with Gasteiger partial charge in [-0.15, -0.1) is 0 Å². The molecule has 1 aromatic rings. The monoisotopic (exact) mass is 305 g/mol. The fourth-order valence-electron chi connectivity index (χ4n) is 2.13. The fourth-order valence-corrected chi connectivity index (χ4v) is 3.05. The molecule has 1 aromatic carbocycles. The van der Waals surface area contributed by atoms with Crippen molar-refractivity contribution in [3.8, 4) is 0 Å². The van der Waals surface area contributed by atoms with Crippen LogP contribution < -0.4 is 5.73 Å². The van der Waals surface area contributed by atoms with Crippen molar-refractivity contribution in [1.29, 1.82) is 0 Å². The Hall–Kier alpha value is -0.160. The van der Waals surface area contributed by atoms with Crippen molar-refractivity contribution in [1.82, 2.24) is 0 Å². The third kappa shape index (κ3) is 2.08. The summed E-state index contributed by atoms with van der Waals surface area (Å²) in [5.74, 6) is 0.387. The molecule has 2 N–H and O–H groups in total. The van der Waals surface area contributed by atoms with Gasteiger partial charge in [0, 0.05) is 9.61 Å². The van der Waals surface area contributed by atoms with E-state index in [2.05, 4.69) is 22.6 Å². The van der Waals surface area contributed by atoms with E-state index in [0.717, 1.165) is 22.8 Å². The predicted molar refractivity (Wildman–Crippen MR) is 63.7 cm³/mol. The molecule has 1 fully saturated rings. The van der Waals surface area contributed by atoms with Crippen LogP contribution in [0.5, 0.6) is 0 Å². The quantitative estimate of drug-likeness (QED) is 0.793. The highest BCUT2D eigenvalue weighted by Gasteiger charge is 2.24. The van der Waals surface area contributed by atoms with Gasteiger partial charge in [-0.3, -0.25) is 0 Å². The van der Waals surface area contributed by atoms with Crippen LogP contribution in [0.25, 0.3) is 0 Å². The van der Waals surface area contributed by atoms with E-state index in [-0.39, 0.29) is 5.82 Å². The van der Waals surface area contributed by atoms with Gasteiger partial charge in [-0.05, 0) is 65.5 Å². The van der Waals surface area contributed by atoms with E-state index in [1.54, 1.807) is 12.1 Å². The second-order valence-electron chi connectivity index (χ2n) is 3.94. The molecule has 0 bridgehead atoms. The molecule has 14 heavy (non-hydrogen) atoms. The summed E-state index contributed by atoms with van der Waals surface area (Å²) in [7, 11) is 0. The van der Waals surface area contributed by atoms with Gasteiger partial charge in [0.25, 0.3) is 0 Å². The first kappa shape index (κ1) is 10.4. The van der Waals surface area contributed by atoms with Crippen LogP contribution in [0.15, 0.2) is 18.2 Å². The number of hydrogen-bond acceptors (Lipinski definition) is 1. The van der Waals surface area contributed by atoms with Gasteiger partial charge in [0.2, 0.25) is 0 Å². The first-order valence-electron chi connectivity index (χ1n) is 4.87. The van der Waals surface area contributed by atoms with Gasteiger partial charge in [-0.2, -0.15) is 0 Å². The maximum absolute atomic E-state index is 12.9. The zero-order valence-corrected chi connectivity index (χ0v) is 10.00. The van der Waals surface area contributed by atoms with E-state index in [9.17, 15) is 4.39 Å². The molecule has 0 saturated heterocycles. The topological polar surface area (TPSA) is 26.0 Å². The Bertz CT molecular complexity index is 340. The second-order valence-corrected chi connectivity index (χ2v) is 5.10. The van der Waals surface area contributed by atoms with Crippen molar-refractivity contribution in [3.05, 3.63) is 33.1 Å². The highest BCUT2D eigenvalue weighted by Crippen LogP contribution is 2.35. The highest BCUT2D eigenvalue weighted by atomic mass is 127. The van der Waals surface area contributed by atoms with E-state index in [1.807, 2.05) is 6.07 Å². The number of rotatable bonds is 1. The molecule has 0 aliphatic heterocycles. The van der Waals surface area contributed by atoms with Crippen LogP contribution in [-0.2, 0) is 0 Å². The van der Waals surface area contributed by atoms with Crippen molar-refractivity contribution >= 4 is 22.6 Å². The van der Waals surface area contributed by atoms with Crippen LogP contribution in [0.1, 0.15) is 30.7 Å². The van der Waals surface area contributed by atoms with Gasteiger partial charge in [0.1, 0.15) is 5.82 Å². The number of hydrogen-bond donors (Lipinski definition) is 1. The maximum Gasteiger partial charge on any atom is 0.124 e. The van der Waals surface area contributed by atoms with Gasteiger partial charge < -0.3 is 5.73 Å². The van der Waals surface area contributed by atoms with E-state index in [4.69, 9.17) is 5.73 Å². The molecule has 0 amide bonds. The Labute approximate surface area is 97.0 Å². The Morgan fingerprint density at radius 1 is 1.36 bits per heavy atom. The molecule has 2 rings (SSSR count). The Morgan fingerprint density at radius 3 is 2.71 bits per heavy atom. The van der Waals surface area contributed by atoms with Crippen molar-refractivity contribution < 1.29 is 4.39 Å². The lowest BCUT2D eigenvalue weighted by Crippen LogP contribution is -2.14. The third-order valence-electron chi connectivity index (χ3n) is 2.88. The van der Waals surface area contributed by atoms with E-state index < -0.39 is 0 Å². The van der Waals surface area contributed by atoms with Gasteiger partial charge in [-0.25, -0.2) is 4.39 Å². The zero-order valence-electron chi connectivity index (χ0n) is 7.84. The molecule has 1 aliphatic carbocycles. The number of halogens is 2. The summed E-state index contributed by atoms with van der Waals surface area (Å²) in [5.41, 5.74) is 7.13. The summed E-state index contributed by atoms with van der Waals surface area (Å²) in [4.78, 5) is 0. The number of nitrogens with two attached hydrogens (primary N) is 1. The summed E-state index contributed by atoms with van der Waals surface area (Å²) in [6, 6.07) is 5.38. The molecule has 3 heteroatoms. The van der Waals surface area contributed by atoms with Crippen molar-refractivity contribution in [2.24, 2.45) is 5.73 Å².